The van der Waals surface area contributed by atoms with Crippen molar-refractivity contribution in [1.82, 2.24) is 5.32 Å². The number of hydrogen-bond acceptors (Lipinski definition) is 5. The lowest BCUT2D eigenvalue weighted by molar-refractivity contribution is -0.126. The van der Waals surface area contributed by atoms with Crippen molar-refractivity contribution in [2.75, 3.05) is 0 Å². The van der Waals surface area contributed by atoms with Crippen LogP contribution in [-0.4, -0.2) is 45.4 Å². The van der Waals surface area contributed by atoms with Crippen LogP contribution in [0, 0.1) is 5.92 Å². The maximum absolute atomic E-state index is 11.4. The Morgan fingerprint density at radius 3 is 2.38 bits per heavy atom. The molecule has 0 bridgehead atoms. The molecule has 1 heterocycles. The third-order valence-electron chi connectivity index (χ3n) is 3.11. The minimum Gasteiger partial charge on any atom is -0.390 e. The van der Waals surface area contributed by atoms with Gasteiger partial charge in [-0.1, -0.05) is 0 Å². The van der Waals surface area contributed by atoms with Gasteiger partial charge in [0.15, 0.2) is 0 Å². The van der Waals surface area contributed by atoms with Gasteiger partial charge in [-0.2, -0.15) is 0 Å². The van der Waals surface area contributed by atoms with E-state index in [0.29, 0.717) is 12.8 Å². The standard InChI is InChI=1S/C10H13NO5/c12-6-2-1-4(8(14)9(6)15)5-3-7(13)11-10(5)16/h3-4,6,8-9,12,14-15H,1-2H2,(H,11,13,16)/t4-,6-,8-,9-/m1/s1. The maximum atomic E-state index is 11.4. The summed E-state index contributed by atoms with van der Waals surface area (Å²) < 4.78 is 0. The van der Waals surface area contributed by atoms with E-state index in [4.69, 9.17) is 0 Å². The first-order valence-corrected chi connectivity index (χ1v) is 5.12. The predicted molar refractivity (Wildman–Crippen MR) is 52.0 cm³/mol. The zero-order valence-corrected chi connectivity index (χ0v) is 8.46. The smallest absolute Gasteiger partial charge is 0.254 e. The van der Waals surface area contributed by atoms with Gasteiger partial charge in [-0.3, -0.25) is 14.9 Å². The molecule has 6 nitrogen and oxygen atoms in total. The zero-order valence-electron chi connectivity index (χ0n) is 8.46. The lowest BCUT2D eigenvalue weighted by atomic mass is 9.78. The highest BCUT2D eigenvalue weighted by molar-refractivity contribution is 6.16. The molecule has 0 radical (unpaired) electrons. The van der Waals surface area contributed by atoms with Crippen LogP contribution in [0.4, 0.5) is 0 Å². The molecule has 88 valence electrons. The van der Waals surface area contributed by atoms with E-state index in [2.05, 4.69) is 5.32 Å². The largest absolute Gasteiger partial charge is 0.390 e. The third-order valence-corrected chi connectivity index (χ3v) is 3.11. The minimum absolute atomic E-state index is 0.184. The summed E-state index contributed by atoms with van der Waals surface area (Å²) in [5, 5.41) is 30.6. The first-order valence-electron chi connectivity index (χ1n) is 5.12. The van der Waals surface area contributed by atoms with Gasteiger partial charge in [0.1, 0.15) is 6.10 Å². The molecular formula is C10H13NO5. The van der Waals surface area contributed by atoms with Crippen LogP contribution in [0.2, 0.25) is 0 Å². The molecule has 2 amide bonds. The molecular weight excluding hydrogens is 214 g/mol. The summed E-state index contributed by atoms with van der Waals surface area (Å²) in [6, 6.07) is 0. The SMILES string of the molecule is O=C1C=C([C@H]2CC[C@@H](O)[C@@H](O)[C@@H]2O)C(=O)N1. The van der Waals surface area contributed by atoms with Crippen molar-refractivity contribution >= 4 is 11.8 Å². The number of nitrogens with one attached hydrogen (secondary N) is 1. The van der Waals surface area contributed by atoms with Crippen molar-refractivity contribution in [3.8, 4) is 0 Å². The number of hydrogen-bond donors (Lipinski definition) is 4. The minimum atomic E-state index is -1.27. The van der Waals surface area contributed by atoms with Crippen molar-refractivity contribution in [2.45, 2.75) is 31.2 Å². The monoisotopic (exact) mass is 227 g/mol. The molecule has 1 aliphatic heterocycles. The molecule has 2 aliphatic rings. The summed E-state index contributed by atoms with van der Waals surface area (Å²) in [7, 11) is 0. The summed E-state index contributed by atoms with van der Waals surface area (Å²) in [5.41, 5.74) is 0.184. The van der Waals surface area contributed by atoms with Gasteiger partial charge in [-0.15, -0.1) is 0 Å². The Morgan fingerprint density at radius 1 is 1.12 bits per heavy atom. The van der Waals surface area contributed by atoms with Crippen LogP contribution >= 0.6 is 0 Å². The van der Waals surface area contributed by atoms with Gasteiger partial charge in [0, 0.05) is 17.6 Å². The number of aliphatic hydroxyl groups excluding tert-OH is 3. The first kappa shape index (κ1) is 11.3. The maximum Gasteiger partial charge on any atom is 0.254 e. The predicted octanol–water partition coefficient (Wildman–Crippen LogP) is -1.94. The Morgan fingerprint density at radius 2 is 1.81 bits per heavy atom. The number of aliphatic hydroxyl groups is 3. The molecule has 0 aromatic heterocycles. The Balaban J connectivity index is 2.19. The number of amides is 2. The molecule has 1 saturated carbocycles. The van der Waals surface area contributed by atoms with E-state index in [1.54, 1.807) is 0 Å². The van der Waals surface area contributed by atoms with Gasteiger partial charge in [0.2, 0.25) is 0 Å². The normalized spacial score (nSPS) is 39.6. The lowest BCUT2D eigenvalue weighted by Crippen LogP contribution is -2.47. The average Bonchev–Trinajstić information content (AvgIpc) is 2.55. The van der Waals surface area contributed by atoms with Gasteiger partial charge in [-0.25, -0.2) is 0 Å². The van der Waals surface area contributed by atoms with E-state index in [9.17, 15) is 24.9 Å². The van der Waals surface area contributed by atoms with E-state index >= 15 is 0 Å². The van der Waals surface area contributed by atoms with E-state index in [-0.39, 0.29) is 5.57 Å². The van der Waals surface area contributed by atoms with Crippen LogP contribution in [0.5, 0.6) is 0 Å². The fourth-order valence-corrected chi connectivity index (χ4v) is 2.20. The van der Waals surface area contributed by atoms with Gasteiger partial charge >= 0.3 is 0 Å². The van der Waals surface area contributed by atoms with Gasteiger partial charge in [-0.05, 0) is 12.8 Å². The summed E-state index contributed by atoms with van der Waals surface area (Å²) in [4.78, 5) is 22.3. The summed E-state index contributed by atoms with van der Waals surface area (Å²) in [5.74, 6) is -1.63. The second kappa shape index (κ2) is 3.97. The lowest BCUT2D eigenvalue weighted by Gasteiger charge is -2.35. The molecule has 1 fully saturated rings. The summed E-state index contributed by atoms with van der Waals surface area (Å²) in [6.07, 6.45) is -1.67. The van der Waals surface area contributed by atoms with Crippen molar-refractivity contribution in [1.29, 1.82) is 0 Å². The van der Waals surface area contributed by atoms with Crippen molar-refractivity contribution < 1.29 is 24.9 Å². The molecule has 0 aromatic carbocycles. The highest BCUT2D eigenvalue weighted by atomic mass is 16.4. The Kier molecular flexibility index (Phi) is 2.79. The number of imide groups is 1. The summed E-state index contributed by atoms with van der Waals surface area (Å²) >= 11 is 0. The van der Waals surface area contributed by atoms with E-state index in [1.807, 2.05) is 0 Å². The Bertz CT molecular complexity index is 364. The van der Waals surface area contributed by atoms with E-state index < -0.39 is 36.0 Å². The quantitative estimate of drug-likeness (QED) is 0.390. The van der Waals surface area contributed by atoms with Crippen molar-refractivity contribution in [2.24, 2.45) is 5.92 Å². The molecule has 0 unspecified atom stereocenters. The molecule has 1 aliphatic carbocycles. The molecule has 0 saturated heterocycles. The fraction of sp³-hybridized carbons (Fsp3) is 0.600. The average molecular weight is 227 g/mol. The second-order valence-electron chi connectivity index (χ2n) is 4.15. The highest BCUT2D eigenvalue weighted by Gasteiger charge is 2.41. The van der Waals surface area contributed by atoms with E-state index in [1.165, 1.54) is 0 Å². The van der Waals surface area contributed by atoms with Gasteiger partial charge < -0.3 is 15.3 Å². The Hall–Kier alpha value is -1.24. The molecule has 0 aromatic rings. The molecule has 4 N–H and O–H groups in total. The van der Waals surface area contributed by atoms with Crippen LogP contribution in [0.3, 0.4) is 0 Å². The molecule has 0 spiro atoms. The molecule has 2 rings (SSSR count). The number of carbonyl (C=O) groups excluding carboxylic acids is 2. The van der Waals surface area contributed by atoms with E-state index in [0.717, 1.165) is 6.08 Å². The third kappa shape index (κ3) is 1.75. The Labute approximate surface area is 91.6 Å². The molecule has 6 heteroatoms. The van der Waals surface area contributed by atoms with Crippen LogP contribution in [0.1, 0.15) is 12.8 Å². The van der Waals surface area contributed by atoms with Gasteiger partial charge in [0.25, 0.3) is 11.8 Å². The topological polar surface area (TPSA) is 107 Å². The highest BCUT2D eigenvalue weighted by Crippen LogP contribution is 2.32. The van der Waals surface area contributed by atoms with Crippen LogP contribution in [0.25, 0.3) is 0 Å². The summed E-state index contributed by atoms with van der Waals surface area (Å²) in [6.45, 7) is 0. The number of rotatable bonds is 1. The number of carbonyl (C=O) groups is 2. The van der Waals surface area contributed by atoms with Crippen LogP contribution in [-0.2, 0) is 9.59 Å². The van der Waals surface area contributed by atoms with Crippen molar-refractivity contribution in [3.63, 3.8) is 0 Å². The second-order valence-corrected chi connectivity index (χ2v) is 4.15. The fourth-order valence-electron chi connectivity index (χ4n) is 2.20. The molecule has 16 heavy (non-hydrogen) atoms. The van der Waals surface area contributed by atoms with Crippen LogP contribution < -0.4 is 5.32 Å². The molecule has 4 atom stereocenters. The zero-order chi connectivity index (χ0) is 11.9. The van der Waals surface area contributed by atoms with Gasteiger partial charge in [0.05, 0.1) is 12.2 Å². The van der Waals surface area contributed by atoms with Crippen LogP contribution in [0.15, 0.2) is 11.6 Å². The first-order chi connectivity index (χ1) is 7.50. The van der Waals surface area contributed by atoms with Crippen molar-refractivity contribution in [3.05, 3.63) is 11.6 Å².